The van der Waals surface area contributed by atoms with Gasteiger partial charge in [-0.25, -0.2) is 9.78 Å². The van der Waals surface area contributed by atoms with Gasteiger partial charge in [0.2, 0.25) is 5.13 Å². The Balaban J connectivity index is 3.15. The third kappa shape index (κ3) is 1.32. The standard InChI is InChI=1S/C4HBrFNO2S/c5-4-7-1(3(8)9)2(6)10-4/h(H,8,9). The van der Waals surface area contributed by atoms with Gasteiger partial charge in [0, 0.05) is 0 Å². The highest BCUT2D eigenvalue weighted by molar-refractivity contribution is 9.11. The molecule has 0 fully saturated rings. The number of carboxylic acids is 1. The van der Waals surface area contributed by atoms with Crippen LogP contribution in [0, 0.1) is 5.13 Å². The number of carboxylic acid groups (broad SMARTS) is 1. The smallest absolute Gasteiger partial charge is 0.358 e. The molecule has 3 nitrogen and oxygen atoms in total. The van der Waals surface area contributed by atoms with Gasteiger partial charge in [0.1, 0.15) is 0 Å². The lowest BCUT2D eigenvalue weighted by Gasteiger charge is -1.81. The summed E-state index contributed by atoms with van der Waals surface area (Å²) in [6.07, 6.45) is 0. The molecule has 10 heavy (non-hydrogen) atoms. The number of halogens is 2. The molecule has 1 aromatic heterocycles. The maximum absolute atomic E-state index is 12.4. The Hall–Kier alpha value is -0.490. The molecule has 0 aliphatic carbocycles. The van der Waals surface area contributed by atoms with Gasteiger partial charge in [-0.1, -0.05) is 11.3 Å². The minimum Gasteiger partial charge on any atom is -0.476 e. The molecule has 1 rings (SSSR count). The first kappa shape index (κ1) is 7.62. The van der Waals surface area contributed by atoms with Crippen LogP contribution in [0.5, 0.6) is 0 Å². The summed E-state index contributed by atoms with van der Waals surface area (Å²) < 4.78 is 12.6. The molecule has 0 saturated carbocycles. The van der Waals surface area contributed by atoms with Crippen LogP contribution in [0.4, 0.5) is 4.39 Å². The van der Waals surface area contributed by atoms with Crippen molar-refractivity contribution < 1.29 is 14.3 Å². The molecule has 0 amide bonds. The molecule has 54 valence electrons. The zero-order chi connectivity index (χ0) is 7.72. The molecule has 0 spiro atoms. The molecule has 1 N–H and O–H groups in total. The number of carbonyl (C=O) groups is 1. The largest absolute Gasteiger partial charge is 0.476 e. The molecule has 0 aliphatic rings. The van der Waals surface area contributed by atoms with E-state index in [1.807, 2.05) is 0 Å². The van der Waals surface area contributed by atoms with Gasteiger partial charge in [0.25, 0.3) is 0 Å². The van der Waals surface area contributed by atoms with Crippen molar-refractivity contribution >= 4 is 33.2 Å². The summed E-state index contributed by atoms with van der Waals surface area (Å²) in [6, 6.07) is 0. The lowest BCUT2D eigenvalue weighted by atomic mass is 10.5. The third-order valence-electron chi connectivity index (χ3n) is 0.762. The van der Waals surface area contributed by atoms with Crippen molar-refractivity contribution in [3.63, 3.8) is 0 Å². The average molecular weight is 226 g/mol. The highest BCUT2D eigenvalue weighted by Crippen LogP contribution is 2.20. The van der Waals surface area contributed by atoms with Gasteiger partial charge in [0.15, 0.2) is 9.61 Å². The zero-order valence-electron chi connectivity index (χ0n) is 4.47. The maximum Gasteiger partial charge on any atom is 0.358 e. The van der Waals surface area contributed by atoms with Crippen LogP contribution >= 0.6 is 27.3 Å². The fraction of sp³-hybridized carbons (Fsp3) is 0. The Morgan fingerprint density at radius 1 is 1.80 bits per heavy atom. The molecule has 1 aromatic rings. The van der Waals surface area contributed by atoms with Crippen LogP contribution in [0.3, 0.4) is 0 Å². The van der Waals surface area contributed by atoms with E-state index in [1.54, 1.807) is 0 Å². The molecule has 0 saturated heterocycles. The summed E-state index contributed by atoms with van der Waals surface area (Å²) in [7, 11) is 0. The van der Waals surface area contributed by atoms with Crippen LogP contribution in [0.2, 0.25) is 0 Å². The van der Waals surface area contributed by atoms with Crippen molar-refractivity contribution in [2.24, 2.45) is 0 Å². The van der Waals surface area contributed by atoms with E-state index in [-0.39, 0.29) is 3.92 Å². The molecule has 0 radical (unpaired) electrons. The number of rotatable bonds is 1. The highest BCUT2D eigenvalue weighted by atomic mass is 79.9. The number of thiazole rings is 1. The second-order valence-corrected chi connectivity index (χ2v) is 3.62. The second-order valence-electron chi connectivity index (χ2n) is 1.39. The SMILES string of the molecule is O=C(O)c1nc(Br)sc1F. The van der Waals surface area contributed by atoms with Crippen molar-refractivity contribution in [2.45, 2.75) is 0 Å². The Morgan fingerprint density at radius 3 is 2.60 bits per heavy atom. The molecule has 0 atom stereocenters. The number of nitrogens with zero attached hydrogens (tertiary/aromatic N) is 1. The lowest BCUT2D eigenvalue weighted by Crippen LogP contribution is -1.98. The van der Waals surface area contributed by atoms with E-state index in [9.17, 15) is 9.18 Å². The fourth-order valence-electron chi connectivity index (χ4n) is 0.409. The summed E-state index contributed by atoms with van der Waals surface area (Å²) in [4.78, 5) is 13.5. The third-order valence-corrected chi connectivity index (χ3v) is 2.06. The summed E-state index contributed by atoms with van der Waals surface area (Å²) in [5, 5.41) is 7.48. The van der Waals surface area contributed by atoms with E-state index in [2.05, 4.69) is 20.9 Å². The topological polar surface area (TPSA) is 50.2 Å². The van der Waals surface area contributed by atoms with E-state index >= 15 is 0 Å². The Kier molecular flexibility index (Phi) is 2.00. The number of hydrogen-bond donors (Lipinski definition) is 1. The van der Waals surface area contributed by atoms with E-state index in [4.69, 9.17) is 5.11 Å². The summed E-state index contributed by atoms with van der Waals surface area (Å²) >= 11 is 3.51. The average Bonchev–Trinajstić information content (AvgIpc) is 2.10. The first-order valence-electron chi connectivity index (χ1n) is 2.16. The molecule has 0 aromatic carbocycles. The molecule has 1 heterocycles. The minimum absolute atomic E-state index is 0.238. The number of aromatic nitrogens is 1. The van der Waals surface area contributed by atoms with E-state index < -0.39 is 16.8 Å². The molecule has 6 heteroatoms. The predicted molar refractivity (Wildman–Crippen MR) is 36.7 cm³/mol. The van der Waals surface area contributed by atoms with E-state index in [0.717, 1.165) is 0 Å². The molecular weight excluding hydrogens is 225 g/mol. The Morgan fingerprint density at radius 2 is 2.40 bits per heavy atom. The van der Waals surface area contributed by atoms with Gasteiger partial charge in [-0.15, -0.1) is 0 Å². The van der Waals surface area contributed by atoms with Gasteiger partial charge in [-0.2, -0.15) is 4.39 Å². The van der Waals surface area contributed by atoms with Crippen molar-refractivity contribution in [3.8, 4) is 0 Å². The van der Waals surface area contributed by atoms with Crippen molar-refractivity contribution in [2.75, 3.05) is 0 Å². The Labute approximate surface area is 67.6 Å². The second kappa shape index (κ2) is 2.63. The summed E-state index contributed by atoms with van der Waals surface area (Å²) in [5.41, 5.74) is -0.531. The van der Waals surface area contributed by atoms with Gasteiger partial charge >= 0.3 is 5.97 Å². The monoisotopic (exact) mass is 225 g/mol. The highest BCUT2D eigenvalue weighted by Gasteiger charge is 2.15. The number of aromatic carboxylic acids is 1. The van der Waals surface area contributed by atoms with Gasteiger partial charge in [0.05, 0.1) is 0 Å². The van der Waals surface area contributed by atoms with Crippen LogP contribution in [0.25, 0.3) is 0 Å². The van der Waals surface area contributed by atoms with Crippen molar-refractivity contribution in [3.05, 3.63) is 14.7 Å². The summed E-state index contributed by atoms with van der Waals surface area (Å²) in [6.45, 7) is 0. The van der Waals surface area contributed by atoms with Crippen LogP contribution < -0.4 is 0 Å². The van der Waals surface area contributed by atoms with Gasteiger partial charge in [-0.3, -0.25) is 0 Å². The fourth-order valence-corrected chi connectivity index (χ4v) is 1.53. The van der Waals surface area contributed by atoms with Crippen LogP contribution in [-0.2, 0) is 0 Å². The number of hydrogen-bond acceptors (Lipinski definition) is 3. The quantitative estimate of drug-likeness (QED) is 0.793. The van der Waals surface area contributed by atoms with Crippen LogP contribution in [0.15, 0.2) is 3.92 Å². The first-order valence-corrected chi connectivity index (χ1v) is 3.77. The Bertz CT molecular complexity index is 274. The van der Waals surface area contributed by atoms with E-state index in [0.29, 0.717) is 11.3 Å². The van der Waals surface area contributed by atoms with Gasteiger partial charge < -0.3 is 5.11 Å². The van der Waals surface area contributed by atoms with E-state index in [1.165, 1.54) is 0 Å². The molecule has 0 unspecified atom stereocenters. The normalized spacial score (nSPS) is 9.80. The van der Waals surface area contributed by atoms with Crippen LogP contribution in [0.1, 0.15) is 10.5 Å². The molecule has 0 bridgehead atoms. The zero-order valence-corrected chi connectivity index (χ0v) is 6.87. The van der Waals surface area contributed by atoms with Gasteiger partial charge in [-0.05, 0) is 15.9 Å². The van der Waals surface area contributed by atoms with Crippen LogP contribution in [-0.4, -0.2) is 16.1 Å². The minimum atomic E-state index is -1.35. The van der Waals surface area contributed by atoms with Crippen molar-refractivity contribution in [1.82, 2.24) is 4.98 Å². The summed E-state index contributed by atoms with van der Waals surface area (Å²) in [5.74, 6) is -1.35. The lowest BCUT2D eigenvalue weighted by molar-refractivity contribution is 0.0686. The first-order chi connectivity index (χ1) is 4.61. The van der Waals surface area contributed by atoms with Crippen molar-refractivity contribution in [1.29, 1.82) is 0 Å². The predicted octanol–water partition coefficient (Wildman–Crippen LogP) is 1.74. The molecular formula is C4HBrFNO2S. The molecule has 0 aliphatic heterocycles. The maximum atomic E-state index is 12.4.